The van der Waals surface area contributed by atoms with Crippen molar-refractivity contribution in [3.05, 3.63) is 29.8 Å². The number of halogens is 2. The van der Waals surface area contributed by atoms with Crippen LogP contribution in [-0.2, 0) is 0 Å². The topological polar surface area (TPSA) is 42.9 Å². The first-order valence-corrected chi connectivity index (χ1v) is 10.0. The van der Waals surface area contributed by atoms with Gasteiger partial charge in [0, 0.05) is 51.5 Å². The Kier molecular flexibility index (Phi) is 7.26. The van der Waals surface area contributed by atoms with Crippen LogP contribution in [0.1, 0.15) is 25.7 Å². The van der Waals surface area contributed by atoms with E-state index in [1.54, 1.807) is 13.1 Å². The van der Waals surface area contributed by atoms with Crippen LogP contribution in [0.2, 0.25) is 0 Å². The molecule has 150 valence electrons. The van der Waals surface area contributed by atoms with Gasteiger partial charge in [-0.25, -0.2) is 8.78 Å². The average Bonchev–Trinajstić information content (AvgIpc) is 3.16. The molecule has 1 unspecified atom stereocenters. The molecule has 2 heterocycles. The number of piperidine rings is 1. The van der Waals surface area contributed by atoms with E-state index in [4.69, 9.17) is 0 Å². The molecule has 0 saturated carbocycles. The van der Waals surface area contributed by atoms with Gasteiger partial charge in [-0.2, -0.15) is 0 Å². The molecular weight excluding hydrogens is 348 g/mol. The highest BCUT2D eigenvalue weighted by Crippen LogP contribution is 2.24. The summed E-state index contributed by atoms with van der Waals surface area (Å²) in [5, 5.41) is 6.79. The SMILES string of the molecule is CN=C(NCCN1CCCCC1)NCC1CCN(c2ccc(F)c(F)c2)C1. The van der Waals surface area contributed by atoms with Gasteiger partial charge in [0.1, 0.15) is 0 Å². The molecule has 1 atom stereocenters. The summed E-state index contributed by atoms with van der Waals surface area (Å²) in [6.07, 6.45) is 5.00. The van der Waals surface area contributed by atoms with Crippen molar-refractivity contribution in [2.45, 2.75) is 25.7 Å². The highest BCUT2D eigenvalue weighted by molar-refractivity contribution is 5.79. The lowest BCUT2D eigenvalue weighted by Gasteiger charge is -2.26. The molecule has 0 aromatic heterocycles. The van der Waals surface area contributed by atoms with Gasteiger partial charge in [0.15, 0.2) is 17.6 Å². The van der Waals surface area contributed by atoms with Gasteiger partial charge < -0.3 is 20.4 Å². The molecule has 0 radical (unpaired) electrons. The maximum atomic E-state index is 13.4. The standard InChI is InChI=1S/C20H31F2N5/c1-23-20(24-8-12-26-9-3-2-4-10-26)25-14-16-7-11-27(15-16)17-5-6-18(21)19(22)13-17/h5-6,13,16H,2-4,7-12,14-15H2,1H3,(H2,23,24,25). The summed E-state index contributed by atoms with van der Waals surface area (Å²) in [5.41, 5.74) is 0.750. The van der Waals surface area contributed by atoms with Crippen LogP contribution in [0.15, 0.2) is 23.2 Å². The second kappa shape index (κ2) is 9.88. The summed E-state index contributed by atoms with van der Waals surface area (Å²) in [6, 6.07) is 4.13. The van der Waals surface area contributed by atoms with Crippen molar-refractivity contribution in [3.8, 4) is 0 Å². The van der Waals surface area contributed by atoms with Gasteiger partial charge >= 0.3 is 0 Å². The van der Waals surface area contributed by atoms with Crippen molar-refractivity contribution in [2.75, 3.05) is 57.8 Å². The van der Waals surface area contributed by atoms with Gasteiger partial charge in [0.25, 0.3) is 0 Å². The van der Waals surface area contributed by atoms with Crippen LogP contribution in [-0.4, -0.2) is 63.7 Å². The van der Waals surface area contributed by atoms with E-state index in [0.29, 0.717) is 5.92 Å². The molecule has 5 nitrogen and oxygen atoms in total. The Hall–Kier alpha value is -1.89. The molecule has 27 heavy (non-hydrogen) atoms. The van der Waals surface area contributed by atoms with Crippen molar-refractivity contribution >= 4 is 11.6 Å². The summed E-state index contributed by atoms with van der Waals surface area (Å²) >= 11 is 0. The molecular formula is C20H31F2N5. The average molecular weight is 379 g/mol. The second-order valence-electron chi connectivity index (χ2n) is 7.48. The normalized spacial score (nSPS) is 21.5. The van der Waals surface area contributed by atoms with Gasteiger partial charge in [-0.05, 0) is 50.4 Å². The molecule has 2 aliphatic heterocycles. The number of anilines is 1. The maximum Gasteiger partial charge on any atom is 0.191 e. The lowest BCUT2D eigenvalue weighted by atomic mass is 10.1. The van der Waals surface area contributed by atoms with E-state index in [9.17, 15) is 8.78 Å². The minimum Gasteiger partial charge on any atom is -0.371 e. The minimum atomic E-state index is -0.796. The summed E-state index contributed by atoms with van der Waals surface area (Å²) < 4.78 is 26.5. The van der Waals surface area contributed by atoms with Crippen molar-refractivity contribution in [1.82, 2.24) is 15.5 Å². The number of guanidine groups is 1. The smallest absolute Gasteiger partial charge is 0.191 e. The predicted octanol–water partition coefficient (Wildman–Crippen LogP) is 2.44. The number of hydrogen-bond acceptors (Lipinski definition) is 3. The first kappa shape index (κ1) is 19.9. The fourth-order valence-electron chi connectivity index (χ4n) is 3.89. The Morgan fingerprint density at radius 2 is 1.93 bits per heavy atom. The molecule has 0 spiro atoms. The number of nitrogens with one attached hydrogen (secondary N) is 2. The van der Waals surface area contributed by atoms with E-state index in [1.807, 2.05) is 0 Å². The predicted molar refractivity (Wildman–Crippen MR) is 106 cm³/mol. The summed E-state index contributed by atoms with van der Waals surface area (Å²) in [5.74, 6) is -0.292. The molecule has 2 fully saturated rings. The van der Waals surface area contributed by atoms with Crippen LogP contribution in [0, 0.1) is 17.6 Å². The lowest BCUT2D eigenvalue weighted by Crippen LogP contribution is -2.44. The van der Waals surface area contributed by atoms with Crippen LogP contribution >= 0.6 is 0 Å². The Balaban J connectivity index is 1.38. The molecule has 2 aliphatic rings. The van der Waals surface area contributed by atoms with E-state index < -0.39 is 11.6 Å². The van der Waals surface area contributed by atoms with E-state index in [2.05, 4.69) is 25.4 Å². The molecule has 0 amide bonds. The molecule has 2 saturated heterocycles. The number of rotatable bonds is 6. The Bertz CT molecular complexity index is 631. The minimum absolute atomic E-state index is 0.457. The van der Waals surface area contributed by atoms with Crippen molar-refractivity contribution in [2.24, 2.45) is 10.9 Å². The molecule has 3 rings (SSSR count). The van der Waals surface area contributed by atoms with E-state index in [-0.39, 0.29) is 0 Å². The van der Waals surface area contributed by atoms with Gasteiger partial charge in [0.2, 0.25) is 0 Å². The van der Waals surface area contributed by atoms with Crippen LogP contribution in [0.5, 0.6) is 0 Å². The zero-order chi connectivity index (χ0) is 19.1. The van der Waals surface area contributed by atoms with Crippen LogP contribution in [0.25, 0.3) is 0 Å². The largest absolute Gasteiger partial charge is 0.371 e. The summed E-state index contributed by atoms with van der Waals surface area (Å²) in [4.78, 5) is 8.91. The third-order valence-corrected chi connectivity index (χ3v) is 5.51. The van der Waals surface area contributed by atoms with E-state index in [1.165, 1.54) is 44.5 Å². The highest BCUT2D eigenvalue weighted by Gasteiger charge is 2.23. The fourth-order valence-corrected chi connectivity index (χ4v) is 3.89. The third-order valence-electron chi connectivity index (χ3n) is 5.51. The molecule has 2 N–H and O–H groups in total. The van der Waals surface area contributed by atoms with Crippen molar-refractivity contribution < 1.29 is 8.78 Å². The molecule has 1 aromatic rings. The van der Waals surface area contributed by atoms with Gasteiger partial charge in [0.05, 0.1) is 0 Å². The molecule has 0 aliphatic carbocycles. The first-order chi connectivity index (χ1) is 13.2. The lowest BCUT2D eigenvalue weighted by molar-refractivity contribution is 0.232. The number of aliphatic imine (C=N–C) groups is 1. The Morgan fingerprint density at radius 3 is 2.67 bits per heavy atom. The fraction of sp³-hybridized carbons (Fsp3) is 0.650. The summed E-state index contributed by atoms with van der Waals surface area (Å²) in [7, 11) is 1.79. The molecule has 0 bridgehead atoms. The number of nitrogens with zero attached hydrogens (tertiary/aromatic N) is 3. The molecule has 7 heteroatoms. The maximum absolute atomic E-state index is 13.4. The van der Waals surface area contributed by atoms with E-state index in [0.717, 1.165) is 50.8 Å². The zero-order valence-corrected chi connectivity index (χ0v) is 16.2. The van der Waals surface area contributed by atoms with Gasteiger partial charge in [-0.1, -0.05) is 6.42 Å². The molecule has 1 aromatic carbocycles. The van der Waals surface area contributed by atoms with Crippen LogP contribution in [0.3, 0.4) is 0 Å². The quantitative estimate of drug-likeness (QED) is 0.589. The summed E-state index contributed by atoms with van der Waals surface area (Å²) in [6.45, 7) is 6.87. The van der Waals surface area contributed by atoms with Gasteiger partial charge in [-0.3, -0.25) is 4.99 Å². The number of benzene rings is 1. The first-order valence-electron chi connectivity index (χ1n) is 10.0. The van der Waals surface area contributed by atoms with Crippen LogP contribution in [0.4, 0.5) is 14.5 Å². The number of hydrogen-bond donors (Lipinski definition) is 2. The number of likely N-dealkylation sites (tertiary alicyclic amines) is 1. The van der Waals surface area contributed by atoms with Crippen molar-refractivity contribution in [1.29, 1.82) is 0 Å². The zero-order valence-electron chi connectivity index (χ0n) is 16.2. The van der Waals surface area contributed by atoms with E-state index >= 15 is 0 Å². The highest BCUT2D eigenvalue weighted by atomic mass is 19.2. The second-order valence-corrected chi connectivity index (χ2v) is 7.48. The Morgan fingerprint density at radius 1 is 1.11 bits per heavy atom. The van der Waals surface area contributed by atoms with Gasteiger partial charge in [-0.15, -0.1) is 0 Å². The Labute approximate surface area is 160 Å². The van der Waals surface area contributed by atoms with Crippen LogP contribution < -0.4 is 15.5 Å². The van der Waals surface area contributed by atoms with Crippen molar-refractivity contribution in [3.63, 3.8) is 0 Å². The third kappa shape index (κ3) is 5.79. The monoisotopic (exact) mass is 379 g/mol.